The van der Waals surface area contributed by atoms with Gasteiger partial charge in [-0.1, -0.05) is 39.8 Å². The van der Waals surface area contributed by atoms with Gasteiger partial charge in [-0.2, -0.15) is 4.98 Å². The molecule has 0 atom stereocenters. The predicted octanol–water partition coefficient (Wildman–Crippen LogP) is 6.94. The molecule has 0 amide bonds. The summed E-state index contributed by atoms with van der Waals surface area (Å²) in [4.78, 5) is 49.0. The summed E-state index contributed by atoms with van der Waals surface area (Å²) in [6.07, 6.45) is 7.05. The second-order valence-corrected chi connectivity index (χ2v) is 13.3. The first-order valence-corrected chi connectivity index (χ1v) is 17.6. The molecule has 1 aromatic heterocycles. The van der Waals surface area contributed by atoms with Crippen LogP contribution in [0.3, 0.4) is 0 Å². The van der Waals surface area contributed by atoms with Crippen LogP contribution in [0.2, 0.25) is 0 Å². The zero-order valence-corrected chi connectivity index (χ0v) is 27.9. The maximum absolute atomic E-state index is 13.4. The van der Waals surface area contributed by atoms with Gasteiger partial charge in [0.2, 0.25) is 0 Å². The van der Waals surface area contributed by atoms with Crippen LogP contribution in [0.25, 0.3) is 20.7 Å². The first-order valence-electron chi connectivity index (χ1n) is 16.8. The Morgan fingerprint density at radius 1 is 0.756 bits per heavy atom. The molecule has 242 valence electrons. The molecule has 0 spiro atoms. The lowest BCUT2D eigenvalue weighted by Crippen LogP contribution is -2.39. The van der Waals surface area contributed by atoms with Crippen LogP contribution in [0.15, 0.2) is 47.3 Å². The van der Waals surface area contributed by atoms with E-state index in [4.69, 9.17) is 9.47 Å². The van der Waals surface area contributed by atoms with Crippen LogP contribution in [0.5, 0.6) is 11.5 Å². The Kier molecular flexibility index (Phi) is 11.4. The summed E-state index contributed by atoms with van der Waals surface area (Å²) < 4.78 is 12.7. The molecule has 0 N–H and O–H groups in total. The average molecular weight is 634 g/mol. The molecular formula is C36H47N3O5S. The fraction of sp³-hybridized carbons (Fsp3) is 0.556. The topological polar surface area (TPSA) is 89.0 Å². The van der Waals surface area contributed by atoms with Crippen molar-refractivity contribution in [1.82, 2.24) is 14.8 Å². The first kappa shape index (κ1) is 33.2. The molecular weight excluding hydrogens is 586 g/mol. The molecule has 8 nitrogen and oxygen atoms in total. The van der Waals surface area contributed by atoms with Crippen LogP contribution in [-0.4, -0.2) is 65.0 Å². The quantitative estimate of drug-likeness (QED) is 0.166. The monoisotopic (exact) mass is 633 g/mol. The van der Waals surface area contributed by atoms with Gasteiger partial charge in [-0.05, 0) is 108 Å². The number of hydrogen-bond acceptors (Lipinski definition) is 9. The SMILES string of the molecule is CCN(CC)C1CCC(C(=O)Oc2ccc(OC(=O)C3CCC(N(CC)CC)CC3)c(-c3nc(=O)c4ccccc4s3)c2)CC1. The van der Waals surface area contributed by atoms with Crippen LogP contribution < -0.4 is 15.0 Å². The number of hydrogen-bond donors (Lipinski definition) is 0. The van der Waals surface area contributed by atoms with Gasteiger partial charge < -0.3 is 19.3 Å². The van der Waals surface area contributed by atoms with E-state index in [1.54, 1.807) is 24.3 Å². The van der Waals surface area contributed by atoms with Gasteiger partial charge in [-0.3, -0.25) is 14.4 Å². The highest BCUT2D eigenvalue weighted by atomic mass is 32.1. The number of carbonyl (C=O) groups is 2. The Balaban J connectivity index is 1.36. The molecule has 45 heavy (non-hydrogen) atoms. The van der Waals surface area contributed by atoms with Crippen molar-refractivity contribution in [2.45, 2.75) is 91.1 Å². The number of benzene rings is 2. The second-order valence-electron chi connectivity index (χ2n) is 12.3. The highest BCUT2D eigenvalue weighted by Gasteiger charge is 2.32. The largest absolute Gasteiger partial charge is 0.426 e. The highest BCUT2D eigenvalue weighted by molar-refractivity contribution is 7.21. The molecule has 2 fully saturated rings. The number of nitrogens with zero attached hydrogens (tertiary/aromatic N) is 3. The van der Waals surface area contributed by atoms with Gasteiger partial charge in [0.25, 0.3) is 5.56 Å². The van der Waals surface area contributed by atoms with E-state index in [2.05, 4.69) is 42.5 Å². The fourth-order valence-corrected chi connectivity index (χ4v) is 8.20. The summed E-state index contributed by atoms with van der Waals surface area (Å²) in [6.45, 7) is 12.8. The zero-order valence-electron chi connectivity index (χ0n) is 27.1. The minimum absolute atomic E-state index is 0.154. The molecule has 2 aromatic carbocycles. The summed E-state index contributed by atoms with van der Waals surface area (Å²) in [5.41, 5.74) is 0.127. The first-order chi connectivity index (χ1) is 21.8. The molecule has 2 aliphatic carbocycles. The summed E-state index contributed by atoms with van der Waals surface area (Å²) in [5.74, 6) is -0.166. The standard InChI is InChI=1S/C36H47N3O5S/c1-5-38(6-2)26-17-13-24(14-18-26)35(41)43-28-21-22-31(44-36(42)25-15-19-27(20-16-25)39(7-3)8-4)30(23-28)34-37-33(40)29-11-9-10-12-32(29)45-34/h9-12,21-27H,5-8,13-20H2,1-4H3. The fourth-order valence-electron chi connectivity index (χ4n) is 7.18. The lowest BCUT2D eigenvalue weighted by Gasteiger charge is -2.35. The predicted molar refractivity (Wildman–Crippen MR) is 180 cm³/mol. The van der Waals surface area contributed by atoms with Crippen LogP contribution >= 0.6 is 11.3 Å². The van der Waals surface area contributed by atoms with Gasteiger partial charge in [0.05, 0.1) is 22.8 Å². The Morgan fingerprint density at radius 3 is 1.84 bits per heavy atom. The van der Waals surface area contributed by atoms with Gasteiger partial charge in [0.1, 0.15) is 16.5 Å². The minimum atomic E-state index is -0.348. The molecule has 0 radical (unpaired) electrons. The van der Waals surface area contributed by atoms with Crippen molar-refractivity contribution < 1.29 is 19.1 Å². The third-order valence-electron chi connectivity index (χ3n) is 9.86. The third kappa shape index (κ3) is 7.81. The second kappa shape index (κ2) is 15.4. The van der Waals surface area contributed by atoms with Crippen LogP contribution in [0.4, 0.5) is 0 Å². The van der Waals surface area contributed by atoms with E-state index in [0.29, 0.717) is 39.5 Å². The van der Waals surface area contributed by atoms with E-state index in [-0.39, 0.29) is 29.3 Å². The van der Waals surface area contributed by atoms with Crippen molar-refractivity contribution in [3.05, 3.63) is 52.8 Å². The summed E-state index contributed by atoms with van der Waals surface area (Å²) in [7, 11) is 0. The molecule has 5 rings (SSSR count). The normalized spacial score (nSPS) is 22.1. The van der Waals surface area contributed by atoms with Crippen molar-refractivity contribution in [3.8, 4) is 22.1 Å². The molecule has 1 heterocycles. The lowest BCUT2D eigenvalue weighted by molar-refractivity contribution is -0.141. The maximum Gasteiger partial charge on any atom is 0.314 e. The summed E-state index contributed by atoms with van der Waals surface area (Å²) in [5, 5.41) is 0.960. The Morgan fingerprint density at radius 2 is 1.29 bits per heavy atom. The van der Waals surface area contributed by atoms with E-state index in [1.807, 2.05) is 18.2 Å². The molecule has 3 aromatic rings. The number of ether oxygens (including phenoxy) is 2. The summed E-state index contributed by atoms with van der Waals surface area (Å²) >= 11 is 1.35. The maximum atomic E-state index is 13.4. The number of esters is 2. The third-order valence-corrected chi connectivity index (χ3v) is 10.9. The van der Waals surface area contributed by atoms with Crippen molar-refractivity contribution in [2.24, 2.45) is 11.8 Å². The van der Waals surface area contributed by atoms with Crippen LogP contribution in [0, 0.1) is 11.8 Å². The van der Waals surface area contributed by atoms with Gasteiger partial charge in [-0.15, -0.1) is 11.3 Å². The van der Waals surface area contributed by atoms with E-state index < -0.39 is 0 Å². The number of rotatable bonds is 11. The number of aromatic nitrogens is 1. The van der Waals surface area contributed by atoms with E-state index in [9.17, 15) is 14.4 Å². The van der Waals surface area contributed by atoms with E-state index in [1.165, 1.54) is 11.3 Å². The van der Waals surface area contributed by atoms with Crippen molar-refractivity contribution in [3.63, 3.8) is 0 Å². The number of carbonyl (C=O) groups excluding carboxylic acids is 2. The Labute approximate surface area is 270 Å². The Hall–Kier alpha value is -3.14. The van der Waals surface area contributed by atoms with Crippen molar-refractivity contribution in [1.29, 1.82) is 0 Å². The highest BCUT2D eigenvalue weighted by Crippen LogP contribution is 2.38. The molecule has 0 bridgehead atoms. The van der Waals surface area contributed by atoms with Gasteiger partial charge >= 0.3 is 11.9 Å². The molecule has 0 aliphatic heterocycles. The minimum Gasteiger partial charge on any atom is -0.426 e. The number of fused-ring (bicyclic) bond motifs is 1. The van der Waals surface area contributed by atoms with E-state index in [0.717, 1.165) is 82.2 Å². The lowest BCUT2D eigenvalue weighted by atomic mass is 9.85. The smallest absolute Gasteiger partial charge is 0.314 e. The van der Waals surface area contributed by atoms with Crippen LogP contribution in [0.1, 0.15) is 79.1 Å². The van der Waals surface area contributed by atoms with Gasteiger partial charge in [0, 0.05) is 16.8 Å². The van der Waals surface area contributed by atoms with Crippen molar-refractivity contribution in [2.75, 3.05) is 26.2 Å². The zero-order chi connectivity index (χ0) is 31.9. The Bertz CT molecular complexity index is 1520. The molecule has 9 heteroatoms. The van der Waals surface area contributed by atoms with Gasteiger partial charge in [0.15, 0.2) is 0 Å². The van der Waals surface area contributed by atoms with Crippen molar-refractivity contribution >= 4 is 33.4 Å². The average Bonchev–Trinajstić information content (AvgIpc) is 3.07. The molecule has 0 unspecified atom stereocenters. The summed E-state index contributed by atoms with van der Waals surface area (Å²) in [6, 6.07) is 13.4. The molecule has 0 saturated heterocycles. The molecule has 2 aliphatic rings. The van der Waals surface area contributed by atoms with Crippen LogP contribution in [-0.2, 0) is 9.59 Å². The van der Waals surface area contributed by atoms with E-state index >= 15 is 0 Å². The van der Waals surface area contributed by atoms with Gasteiger partial charge in [-0.25, -0.2) is 0 Å². The molecule has 2 saturated carbocycles.